The van der Waals surface area contributed by atoms with Crippen LogP contribution in [0.2, 0.25) is 0 Å². The molecule has 0 aliphatic rings. The maximum absolute atomic E-state index is 10.2. The van der Waals surface area contributed by atoms with Gasteiger partial charge in [0.05, 0.1) is 12.1 Å². The lowest BCUT2D eigenvalue weighted by atomic mass is 10.0. The average Bonchev–Trinajstić information content (AvgIpc) is 2.42. The van der Waals surface area contributed by atoms with Crippen molar-refractivity contribution in [1.29, 1.82) is 0 Å². The fraction of sp³-hybridized carbons (Fsp3) is 0.267. The number of nitrogens with zero attached hydrogens (tertiary/aromatic N) is 1. The summed E-state index contributed by atoms with van der Waals surface area (Å²) < 4.78 is 0.940. The minimum Gasteiger partial charge on any atom is -0.391 e. The van der Waals surface area contributed by atoms with Crippen molar-refractivity contribution < 1.29 is 5.11 Å². The maximum atomic E-state index is 10.2. The number of aliphatic hydroxyl groups is 1. The van der Waals surface area contributed by atoms with Crippen molar-refractivity contribution in [2.24, 2.45) is 0 Å². The zero-order chi connectivity index (χ0) is 13.7. The normalized spacial score (nSPS) is 13.8. The number of pyridine rings is 1. The predicted molar refractivity (Wildman–Crippen MR) is 81.2 cm³/mol. The lowest BCUT2D eigenvalue weighted by Gasteiger charge is -2.20. The quantitative estimate of drug-likeness (QED) is 0.888. The summed E-state index contributed by atoms with van der Waals surface area (Å²) in [6.45, 7) is 1.96. The van der Waals surface area contributed by atoms with E-state index < -0.39 is 6.10 Å². The number of aliphatic hydroxyl groups excluding tert-OH is 1. The third kappa shape index (κ3) is 4.33. The molecule has 1 aromatic carbocycles. The number of hydrogen-bond acceptors (Lipinski definition) is 3. The first-order valence-corrected chi connectivity index (χ1v) is 7.04. The van der Waals surface area contributed by atoms with Crippen LogP contribution < -0.4 is 5.32 Å². The van der Waals surface area contributed by atoms with E-state index >= 15 is 0 Å². The molecule has 0 saturated carbocycles. The molecule has 0 bridgehead atoms. The number of benzene rings is 1. The van der Waals surface area contributed by atoms with Gasteiger partial charge in [-0.2, -0.15) is 0 Å². The van der Waals surface area contributed by atoms with E-state index in [1.54, 1.807) is 6.20 Å². The molecule has 0 spiro atoms. The molecule has 2 unspecified atom stereocenters. The highest BCUT2D eigenvalue weighted by Gasteiger charge is 2.14. The molecule has 19 heavy (non-hydrogen) atoms. The molecular formula is C15H17BrN2O. The molecule has 0 aliphatic heterocycles. The molecule has 0 radical (unpaired) electrons. The van der Waals surface area contributed by atoms with Gasteiger partial charge in [0.25, 0.3) is 0 Å². The number of anilines is 1. The van der Waals surface area contributed by atoms with Gasteiger partial charge in [0.1, 0.15) is 5.82 Å². The van der Waals surface area contributed by atoms with E-state index in [2.05, 4.69) is 26.2 Å². The van der Waals surface area contributed by atoms with Crippen LogP contribution in [0.3, 0.4) is 0 Å². The minimum absolute atomic E-state index is 0.0612. The van der Waals surface area contributed by atoms with Gasteiger partial charge in [-0.05, 0) is 40.5 Å². The van der Waals surface area contributed by atoms with E-state index in [4.69, 9.17) is 0 Å². The zero-order valence-electron chi connectivity index (χ0n) is 10.8. The lowest BCUT2D eigenvalue weighted by Crippen LogP contribution is -2.32. The molecule has 0 fully saturated rings. The van der Waals surface area contributed by atoms with Gasteiger partial charge in [-0.3, -0.25) is 0 Å². The average molecular weight is 321 g/mol. The second-order valence-electron chi connectivity index (χ2n) is 4.55. The van der Waals surface area contributed by atoms with E-state index in [1.165, 1.54) is 0 Å². The van der Waals surface area contributed by atoms with Gasteiger partial charge in [-0.15, -0.1) is 0 Å². The van der Waals surface area contributed by atoms with Gasteiger partial charge in [0.2, 0.25) is 0 Å². The zero-order valence-corrected chi connectivity index (χ0v) is 12.3. The highest BCUT2D eigenvalue weighted by Crippen LogP contribution is 2.13. The molecule has 0 saturated heterocycles. The van der Waals surface area contributed by atoms with Crippen molar-refractivity contribution in [2.45, 2.75) is 25.5 Å². The minimum atomic E-state index is -0.451. The molecule has 3 nitrogen and oxygen atoms in total. The first-order valence-electron chi connectivity index (χ1n) is 6.25. The molecule has 1 aromatic heterocycles. The van der Waals surface area contributed by atoms with Crippen molar-refractivity contribution in [3.8, 4) is 0 Å². The highest BCUT2D eigenvalue weighted by atomic mass is 79.9. The molecular weight excluding hydrogens is 304 g/mol. The van der Waals surface area contributed by atoms with E-state index in [1.807, 2.05) is 49.4 Å². The number of halogens is 1. The highest BCUT2D eigenvalue weighted by molar-refractivity contribution is 9.10. The van der Waals surface area contributed by atoms with E-state index in [-0.39, 0.29) is 6.04 Å². The van der Waals surface area contributed by atoms with Crippen LogP contribution in [0.4, 0.5) is 5.82 Å². The summed E-state index contributed by atoms with van der Waals surface area (Å²) in [5, 5.41) is 13.4. The Labute approximate surface area is 121 Å². The summed E-state index contributed by atoms with van der Waals surface area (Å²) >= 11 is 3.35. The van der Waals surface area contributed by atoms with Gasteiger partial charge in [-0.1, -0.05) is 30.3 Å². The molecule has 4 heteroatoms. The van der Waals surface area contributed by atoms with Crippen LogP contribution in [0.15, 0.2) is 53.1 Å². The third-order valence-corrected chi connectivity index (χ3v) is 3.44. The number of aromatic nitrogens is 1. The van der Waals surface area contributed by atoms with Crippen LogP contribution in [0.1, 0.15) is 12.5 Å². The van der Waals surface area contributed by atoms with Crippen LogP contribution in [-0.4, -0.2) is 22.2 Å². The number of hydrogen-bond donors (Lipinski definition) is 2. The summed E-state index contributed by atoms with van der Waals surface area (Å²) in [6, 6.07) is 13.7. The molecule has 2 rings (SSSR count). The summed E-state index contributed by atoms with van der Waals surface area (Å²) in [5.41, 5.74) is 1.13. The molecule has 1 heterocycles. The van der Waals surface area contributed by atoms with Gasteiger partial charge in [0, 0.05) is 17.1 Å². The Bertz CT molecular complexity index is 501. The Balaban J connectivity index is 1.92. The van der Waals surface area contributed by atoms with Gasteiger partial charge in [-0.25, -0.2) is 4.98 Å². The van der Waals surface area contributed by atoms with E-state index in [9.17, 15) is 5.11 Å². The molecule has 2 aromatic rings. The fourth-order valence-corrected chi connectivity index (χ4v) is 2.06. The smallest absolute Gasteiger partial charge is 0.126 e. The third-order valence-electron chi connectivity index (χ3n) is 2.97. The SMILES string of the molecule is CC(Nc1ccc(Br)cn1)C(O)Cc1ccccc1. The first kappa shape index (κ1) is 14.0. The summed E-state index contributed by atoms with van der Waals surface area (Å²) in [4.78, 5) is 4.24. The van der Waals surface area contributed by atoms with Crippen molar-refractivity contribution in [3.05, 3.63) is 58.7 Å². The molecule has 2 N–H and O–H groups in total. The van der Waals surface area contributed by atoms with Crippen molar-refractivity contribution in [1.82, 2.24) is 4.98 Å². The van der Waals surface area contributed by atoms with Gasteiger partial charge < -0.3 is 10.4 Å². The predicted octanol–water partition coefficient (Wildman–Crippen LogP) is 3.25. The Hall–Kier alpha value is -1.39. The van der Waals surface area contributed by atoms with Crippen LogP contribution in [-0.2, 0) is 6.42 Å². The van der Waals surface area contributed by atoms with Crippen LogP contribution >= 0.6 is 15.9 Å². The summed E-state index contributed by atoms with van der Waals surface area (Å²) in [6.07, 6.45) is 1.91. The second-order valence-corrected chi connectivity index (χ2v) is 5.47. The molecule has 2 atom stereocenters. The molecule has 100 valence electrons. The van der Waals surface area contributed by atoms with Gasteiger partial charge in [0.15, 0.2) is 0 Å². The molecule has 0 aliphatic carbocycles. The van der Waals surface area contributed by atoms with Crippen molar-refractivity contribution in [3.63, 3.8) is 0 Å². The Morgan fingerprint density at radius 2 is 1.95 bits per heavy atom. The standard InChI is InChI=1S/C15H17BrN2O/c1-11(18-15-8-7-13(16)10-17-15)14(19)9-12-5-3-2-4-6-12/h2-8,10-11,14,19H,9H2,1H3,(H,17,18). The van der Waals surface area contributed by atoms with Crippen LogP contribution in [0.25, 0.3) is 0 Å². The second kappa shape index (κ2) is 6.68. The van der Waals surface area contributed by atoms with Crippen LogP contribution in [0, 0.1) is 0 Å². The largest absolute Gasteiger partial charge is 0.391 e. The van der Waals surface area contributed by atoms with Crippen molar-refractivity contribution >= 4 is 21.7 Å². The van der Waals surface area contributed by atoms with Crippen molar-refractivity contribution in [2.75, 3.05) is 5.32 Å². The first-order chi connectivity index (χ1) is 9.15. The Kier molecular flexibility index (Phi) is 4.93. The summed E-state index contributed by atoms with van der Waals surface area (Å²) in [5.74, 6) is 0.766. The Morgan fingerprint density at radius 1 is 1.21 bits per heavy atom. The number of rotatable bonds is 5. The topological polar surface area (TPSA) is 45.2 Å². The Morgan fingerprint density at radius 3 is 2.58 bits per heavy atom. The van der Waals surface area contributed by atoms with Gasteiger partial charge >= 0.3 is 0 Å². The summed E-state index contributed by atoms with van der Waals surface area (Å²) in [7, 11) is 0. The monoisotopic (exact) mass is 320 g/mol. The van der Waals surface area contributed by atoms with E-state index in [0.29, 0.717) is 6.42 Å². The fourth-order valence-electron chi connectivity index (χ4n) is 1.82. The maximum Gasteiger partial charge on any atom is 0.126 e. The van der Waals surface area contributed by atoms with E-state index in [0.717, 1.165) is 15.9 Å². The lowest BCUT2D eigenvalue weighted by molar-refractivity contribution is 0.158. The molecule has 0 amide bonds. The number of nitrogens with one attached hydrogen (secondary N) is 1. The van der Waals surface area contributed by atoms with Crippen LogP contribution in [0.5, 0.6) is 0 Å².